The van der Waals surface area contributed by atoms with Crippen LogP contribution in [-0.2, 0) is 0 Å². The van der Waals surface area contributed by atoms with Crippen molar-refractivity contribution >= 4 is 44.4 Å². The number of alkyl halides is 3. The van der Waals surface area contributed by atoms with Gasteiger partial charge in [0.05, 0.1) is 4.47 Å². The van der Waals surface area contributed by atoms with Crippen molar-refractivity contribution in [3.63, 3.8) is 0 Å². The first-order valence-electron chi connectivity index (χ1n) is 3.81. The van der Waals surface area contributed by atoms with Crippen molar-refractivity contribution in [2.45, 2.75) is 6.36 Å². The van der Waals surface area contributed by atoms with E-state index in [-0.39, 0.29) is 14.4 Å². The minimum Gasteiger partial charge on any atom is -0.423 e. The second kappa shape index (κ2) is 4.95. The summed E-state index contributed by atoms with van der Waals surface area (Å²) in [6.07, 6.45) is -4.84. The van der Waals surface area contributed by atoms with Gasteiger partial charge in [0.1, 0.15) is 5.75 Å². The third-order valence-corrected chi connectivity index (χ3v) is 2.86. The number of ether oxygens (including phenoxy) is 1. The van der Waals surface area contributed by atoms with Gasteiger partial charge in [-0.05, 0) is 28.1 Å². The molecular formula is C7H4BBr2F3O3. The van der Waals surface area contributed by atoms with E-state index < -0.39 is 19.2 Å². The van der Waals surface area contributed by atoms with Crippen LogP contribution < -0.4 is 10.2 Å². The Morgan fingerprint density at radius 1 is 1.12 bits per heavy atom. The molecule has 16 heavy (non-hydrogen) atoms. The van der Waals surface area contributed by atoms with Crippen LogP contribution in [0, 0.1) is 0 Å². The van der Waals surface area contributed by atoms with Crippen LogP contribution in [0.1, 0.15) is 0 Å². The lowest BCUT2D eigenvalue weighted by atomic mass is 9.80. The molecule has 0 unspecified atom stereocenters. The Labute approximate surface area is 106 Å². The summed E-state index contributed by atoms with van der Waals surface area (Å²) in [5, 5.41) is 17.8. The van der Waals surface area contributed by atoms with E-state index in [1.54, 1.807) is 0 Å². The number of halogens is 5. The molecule has 0 aliphatic heterocycles. The van der Waals surface area contributed by atoms with E-state index in [0.717, 1.165) is 6.07 Å². The molecule has 0 fully saturated rings. The average molecular weight is 364 g/mol. The van der Waals surface area contributed by atoms with Gasteiger partial charge in [-0.25, -0.2) is 0 Å². The summed E-state index contributed by atoms with van der Waals surface area (Å²) < 4.78 is 39.9. The predicted molar refractivity (Wildman–Crippen MR) is 58.4 cm³/mol. The van der Waals surface area contributed by atoms with Crippen molar-refractivity contribution in [3.8, 4) is 5.75 Å². The second-order valence-electron chi connectivity index (χ2n) is 2.73. The van der Waals surface area contributed by atoms with E-state index >= 15 is 0 Å². The summed E-state index contributed by atoms with van der Waals surface area (Å²) in [6, 6.07) is 2.11. The molecular weight excluding hydrogens is 360 g/mol. The average Bonchev–Trinajstić information content (AvgIpc) is 2.07. The van der Waals surface area contributed by atoms with Crippen LogP contribution in [-0.4, -0.2) is 23.5 Å². The quantitative estimate of drug-likeness (QED) is 0.788. The summed E-state index contributed by atoms with van der Waals surface area (Å²) in [5.41, 5.74) is -0.123. The summed E-state index contributed by atoms with van der Waals surface area (Å²) in [4.78, 5) is 0. The largest absolute Gasteiger partial charge is 0.573 e. The zero-order valence-corrected chi connectivity index (χ0v) is 10.6. The van der Waals surface area contributed by atoms with Crippen molar-refractivity contribution in [1.82, 2.24) is 0 Å². The summed E-state index contributed by atoms with van der Waals surface area (Å²) >= 11 is 5.84. The van der Waals surface area contributed by atoms with Gasteiger partial charge < -0.3 is 14.8 Å². The fourth-order valence-electron chi connectivity index (χ4n) is 0.946. The maximum Gasteiger partial charge on any atom is 0.573 e. The fourth-order valence-corrected chi connectivity index (χ4v) is 2.23. The number of hydrogen-bond donors (Lipinski definition) is 2. The lowest BCUT2D eigenvalue weighted by Gasteiger charge is -2.13. The summed E-state index contributed by atoms with van der Waals surface area (Å²) in [5.74, 6) is -0.543. The molecule has 0 spiro atoms. The zero-order valence-electron chi connectivity index (χ0n) is 7.42. The fraction of sp³-hybridized carbons (Fsp3) is 0.143. The number of hydrogen-bond acceptors (Lipinski definition) is 3. The van der Waals surface area contributed by atoms with E-state index in [1.807, 2.05) is 0 Å². The Hall–Kier alpha value is -0.245. The molecule has 0 aliphatic carbocycles. The Morgan fingerprint density at radius 3 is 2.12 bits per heavy atom. The molecule has 9 heteroatoms. The minimum atomic E-state index is -4.84. The molecule has 3 nitrogen and oxygen atoms in total. The molecule has 1 aromatic carbocycles. The van der Waals surface area contributed by atoms with Gasteiger partial charge >= 0.3 is 13.5 Å². The highest BCUT2D eigenvalue weighted by Crippen LogP contribution is 2.31. The van der Waals surface area contributed by atoms with Crippen molar-refractivity contribution < 1.29 is 28.0 Å². The molecule has 0 atom stereocenters. The molecule has 1 aromatic rings. The normalized spacial score (nSPS) is 11.4. The molecule has 0 saturated heterocycles. The molecule has 0 aliphatic rings. The monoisotopic (exact) mass is 362 g/mol. The third-order valence-electron chi connectivity index (χ3n) is 1.56. The highest BCUT2D eigenvalue weighted by Gasteiger charge is 2.32. The second-order valence-corrected chi connectivity index (χ2v) is 4.43. The molecule has 2 N–H and O–H groups in total. The Balaban J connectivity index is 3.15. The van der Waals surface area contributed by atoms with Gasteiger partial charge in [-0.1, -0.05) is 15.9 Å². The zero-order chi connectivity index (χ0) is 12.5. The van der Waals surface area contributed by atoms with Crippen molar-refractivity contribution in [1.29, 1.82) is 0 Å². The van der Waals surface area contributed by atoms with E-state index in [1.165, 1.54) is 6.07 Å². The van der Waals surface area contributed by atoms with Gasteiger partial charge in [-0.3, -0.25) is 0 Å². The summed E-state index contributed by atoms with van der Waals surface area (Å²) in [6.45, 7) is 0. The van der Waals surface area contributed by atoms with Crippen molar-refractivity contribution in [2.24, 2.45) is 0 Å². The van der Waals surface area contributed by atoms with Crippen LogP contribution in [0.15, 0.2) is 21.1 Å². The Bertz CT molecular complexity index is 397. The molecule has 0 heterocycles. The van der Waals surface area contributed by atoms with Crippen molar-refractivity contribution in [2.75, 3.05) is 0 Å². The predicted octanol–water partition coefficient (Wildman–Crippen LogP) is 1.79. The maximum atomic E-state index is 12.0. The summed E-state index contributed by atoms with van der Waals surface area (Å²) in [7, 11) is -1.89. The molecule has 0 bridgehead atoms. The van der Waals surface area contributed by atoms with Crippen LogP contribution >= 0.6 is 31.9 Å². The number of rotatable bonds is 2. The van der Waals surface area contributed by atoms with Gasteiger partial charge in [-0.2, -0.15) is 0 Å². The molecule has 0 aromatic heterocycles. The number of benzene rings is 1. The lowest BCUT2D eigenvalue weighted by Crippen LogP contribution is -2.31. The minimum absolute atomic E-state index is 0.0427. The standard InChI is InChI=1S/C7H4BBr2F3O3/c9-4-2-5(10)6(16-7(11,12)13)1-3(4)8(14)15/h1-2,14-15H. The Kier molecular flexibility index (Phi) is 4.27. The highest BCUT2D eigenvalue weighted by molar-refractivity contribution is 9.11. The SMILES string of the molecule is OB(O)c1cc(OC(F)(F)F)c(Br)cc1Br. The molecule has 0 saturated carbocycles. The van der Waals surface area contributed by atoms with Gasteiger partial charge in [0.25, 0.3) is 0 Å². The first-order chi connectivity index (χ1) is 7.20. The third kappa shape index (κ3) is 3.65. The smallest absolute Gasteiger partial charge is 0.423 e. The Morgan fingerprint density at radius 2 is 1.69 bits per heavy atom. The van der Waals surface area contributed by atoms with E-state index in [0.29, 0.717) is 0 Å². The first-order valence-corrected chi connectivity index (χ1v) is 5.40. The molecule has 0 amide bonds. The molecule has 0 radical (unpaired) electrons. The lowest BCUT2D eigenvalue weighted by molar-refractivity contribution is -0.274. The highest BCUT2D eigenvalue weighted by atomic mass is 79.9. The van der Waals surface area contributed by atoms with Crippen LogP contribution in [0.5, 0.6) is 5.75 Å². The van der Waals surface area contributed by atoms with E-state index in [4.69, 9.17) is 10.0 Å². The van der Waals surface area contributed by atoms with Crippen LogP contribution in [0.25, 0.3) is 0 Å². The van der Waals surface area contributed by atoms with E-state index in [9.17, 15) is 13.2 Å². The molecule has 1 rings (SSSR count). The van der Waals surface area contributed by atoms with Crippen LogP contribution in [0.2, 0.25) is 0 Å². The van der Waals surface area contributed by atoms with Gasteiger partial charge in [0, 0.05) is 9.94 Å². The van der Waals surface area contributed by atoms with Crippen LogP contribution in [0.4, 0.5) is 13.2 Å². The molecule has 88 valence electrons. The van der Waals surface area contributed by atoms with Crippen LogP contribution in [0.3, 0.4) is 0 Å². The van der Waals surface area contributed by atoms with Gasteiger partial charge in [0.2, 0.25) is 0 Å². The van der Waals surface area contributed by atoms with Crippen molar-refractivity contribution in [3.05, 3.63) is 21.1 Å². The first kappa shape index (κ1) is 13.8. The maximum absolute atomic E-state index is 12.0. The topological polar surface area (TPSA) is 49.7 Å². The van der Waals surface area contributed by atoms with Gasteiger partial charge in [-0.15, -0.1) is 13.2 Å². The van der Waals surface area contributed by atoms with Gasteiger partial charge in [0.15, 0.2) is 0 Å². The van der Waals surface area contributed by atoms with E-state index in [2.05, 4.69) is 36.6 Å².